The minimum absolute atomic E-state index is 0.358. The van der Waals surface area contributed by atoms with Gasteiger partial charge in [0.05, 0.1) is 30.3 Å². The van der Waals surface area contributed by atoms with Crippen molar-refractivity contribution in [1.29, 1.82) is 26.3 Å². The Bertz CT molecular complexity index is 5650. The van der Waals surface area contributed by atoms with Crippen molar-refractivity contribution in [1.82, 2.24) is 0 Å². The van der Waals surface area contributed by atoms with E-state index in [0.717, 1.165) is 0 Å². The zero-order valence-corrected chi connectivity index (χ0v) is 83.2. The summed E-state index contributed by atoms with van der Waals surface area (Å²) in [7, 11) is -23.3. The van der Waals surface area contributed by atoms with E-state index in [1.165, 1.54) is 62.8 Å². The summed E-state index contributed by atoms with van der Waals surface area (Å²) in [5.74, 6) is 5.65. The Balaban J connectivity index is 0.000000347. The fraction of sp³-hybridized carbons (Fsp3) is 0.0882. The van der Waals surface area contributed by atoms with Crippen molar-refractivity contribution in [3.05, 3.63) is 470 Å². The van der Waals surface area contributed by atoms with Gasteiger partial charge in [0.15, 0.2) is 0 Å². The van der Waals surface area contributed by atoms with E-state index in [2.05, 4.69) is 19.4 Å². The molecule has 0 bridgehead atoms. The van der Waals surface area contributed by atoms with Crippen LogP contribution in [-0.4, -0.2) is 28.2 Å². The van der Waals surface area contributed by atoms with Gasteiger partial charge < -0.3 is 82.7 Å². The van der Waals surface area contributed by atoms with Crippen molar-refractivity contribution in [2.24, 2.45) is 31.6 Å². The molecule has 139 heavy (non-hydrogen) atoms. The van der Waals surface area contributed by atoms with Crippen LogP contribution in [0.5, 0.6) is 80.5 Å². The number of para-hydroxylation sites is 14. The van der Waals surface area contributed by atoms with Gasteiger partial charge in [-0.05, 0) is 170 Å². The van der Waals surface area contributed by atoms with Crippen LogP contribution in [0.3, 0.4) is 0 Å². The number of nitriles is 5. The third-order valence-electron chi connectivity index (χ3n) is 15.1. The second-order valence-electron chi connectivity index (χ2n) is 25.7. The van der Waals surface area contributed by atoms with Gasteiger partial charge in [-0.1, -0.05) is 286 Å². The molecule has 0 N–H and O–H groups in total. The molecule has 0 saturated carbocycles. The van der Waals surface area contributed by atoms with Gasteiger partial charge in [0.25, 0.3) is 0 Å². The van der Waals surface area contributed by atoms with Crippen molar-refractivity contribution in [2.45, 2.75) is 34.6 Å². The Morgan fingerprint density at radius 2 is 0.209 bits per heavy atom. The molecule has 0 atom stereocenters. The molecule has 14 aromatic rings. The Morgan fingerprint density at radius 3 is 0.259 bits per heavy atom. The first-order chi connectivity index (χ1) is 67.8. The molecule has 30 nitrogen and oxygen atoms in total. The summed E-state index contributed by atoms with van der Waals surface area (Å²) in [4.78, 5) is 11.0. The van der Waals surface area contributed by atoms with Gasteiger partial charge in [-0.3, -0.25) is 0 Å². The van der Waals surface area contributed by atoms with Crippen molar-refractivity contribution >= 4 is 53.6 Å². The smallest absolute Gasteiger partial charge is 0.413 e. The van der Waals surface area contributed by atoms with Crippen LogP contribution in [0.15, 0.2) is 456 Å². The summed E-state index contributed by atoms with van der Waals surface area (Å²) in [5.41, 5.74) is 0. The molecule has 14 aromatic carbocycles. The molecular formula is C102H97N16O14P7. The molecule has 2 aliphatic rings. The summed E-state index contributed by atoms with van der Waals surface area (Å²) >= 11 is 0. The van der Waals surface area contributed by atoms with E-state index in [4.69, 9.17) is 148 Å². The lowest BCUT2D eigenvalue weighted by Crippen LogP contribution is -2.11. The van der Waals surface area contributed by atoms with Crippen LogP contribution in [0.4, 0.5) is 0 Å². The normalized spacial score (nSPS) is 12.8. The molecule has 0 saturated heterocycles. The molecule has 16 rings (SSSR count). The summed E-state index contributed by atoms with van der Waals surface area (Å²) in [6, 6.07) is 137. The molecular weight excluding hydrogens is 1890 g/mol. The maximum absolute atomic E-state index is 7.32. The second-order valence-corrected chi connectivity index (χ2v) is 40.2. The van der Waals surface area contributed by atoms with Gasteiger partial charge in [-0.25, -0.2) is 26.3 Å². The summed E-state index contributed by atoms with van der Waals surface area (Å²) in [6.07, 6.45) is 0. The fourth-order valence-electron chi connectivity index (χ4n) is 10.4. The molecule has 0 spiro atoms. The predicted octanol–water partition coefficient (Wildman–Crippen LogP) is 33.5. The summed E-state index contributed by atoms with van der Waals surface area (Å²) in [6.45, 7) is 30.5. The molecule has 0 amide bonds. The standard InChI is InChI=1S/C48H40N4O8P4.C36H30N3O6P3.9C2H3N/c1-9-25-41(26-10-1)53-61(54-42-27-11-2-12-28-42)49-62(55-43-29-13-3-14-30-43,56-44-31-15-4-16-32-44)51-64(59-47-37-21-7-22-38-47,60-48-39-23-8-24-40-48)52-63(50-61,57-45-33-17-5-18-34-45)58-46-35-19-6-20-36-46;1-7-19-31(20-8-1)40-46(41-32-21-9-2-10-22-32)37-47(42-33-23-11-3-12-24-33,43-34-25-13-4-14-26-34)39-48(38-46,44-35-27-15-5-16-28-35)45-36-29-17-6-18-30-36;4*1-3-2;5*1-2-3/h1-40H;1-30H;9*1H3. The highest BCUT2D eigenvalue weighted by Gasteiger charge is 2.51. The SMILES string of the molecule is CC#N.CC#N.CC#N.CC#N.CC#N.[C-]#[N+]C.[C-]#[N+]C.[C-]#[N+]C.[C-]#[N+]C.c1ccc(OP2(Oc3ccccc3)=NP(Oc3ccccc3)(Oc3ccccc3)=NP(Oc3ccccc3)(Oc3ccccc3)=N2)cc1.c1ccc(OP2(Oc3ccccc3)=NP(Oc3ccccc3)(Oc3ccccc3)=NP(Oc3ccccc3)(Oc3ccccc3)=NP(Oc3ccccc3)(Oc3ccccc3)=N2)cc1. The molecule has 0 aliphatic carbocycles. The number of benzene rings is 14. The Hall–Kier alpha value is -16.7. The quantitative estimate of drug-likeness (QED) is 0.0325. The van der Waals surface area contributed by atoms with Crippen LogP contribution in [0.1, 0.15) is 34.6 Å². The fourth-order valence-corrected chi connectivity index (χ4v) is 31.6. The Kier molecular flexibility index (Phi) is 50.1. The summed E-state index contributed by atoms with van der Waals surface area (Å²) < 4.78 is 134. The van der Waals surface area contributed by atoms with Crippen LogP contribution in [0, 0.1) is 82.9 Å². The molecule has 2 heterocycles. The molecule has 0 aromatic heterocycles. The lowest BCUT2D eigenvalue weighted by atomic mass is 10.3. The van der Waals surface area contributed by atoms with Gasteiger partial charge in [0.2, 0.25) is 28.2 Å². The average molecular weight is 1990 g/mol. The highest BCUT2D eigenvalue weighted by molar-refractivity contribution is 7.80. The molecule has 2 aliphatic heterocycles. The van der Waals surface area contributed by atoms with E-state index in [1.54, 1.807) is 200 Å². The van der Waals surface area contributed by atoms with Crippen LogP contribution < -0.4 is 63.3 Å². The number of nitrogens with zero attached hydrogens (tertiary/aromatic N) is 16. The van der Waals surface area contributed by atoms with Crippen LogP contribution in [0.25, 0.3) is 19.4 Å². The average Bonchev–Trinajstić information content (AvgIpc) is 0.734. The van der Waals surface area contributed by atoms with Gasteiger partial charge >= 0.3 is 53.6 Å². The van der Waals surface area contributed by atoms with E-state index in [0.29, 0.717) is 80.5 Å². The van der Waals surface area contributed by atoms with E-state index in [9.17, 15) is 0 Å². The number of rotatable bonds is 28. The first kappa shape index (κ1) is 111. The maximum atomic E-state index is 7.32. The van der Waals surface area contributed by atoms with Gasteiger partial charge in [0.1, 0.15) is 80.5 Å². The molecule has 0 fully saturated rings. The zero-order chi connectivity index (χ0) is 100. The predicted molar refractivity (Wildman–Crippen MR) is 551 cm³/mol. The van der Waals surface area contributed by atoms with Crippen molar-refractivity contribution in [3.8, 4) is 111 Å². The Morgan fingerprint density at radius 1 is 0.158 bits per heavy atom. The third-order valence-corrected chi connectivity index (χ3v) is 34.1. The molecule has 0 unspecified atom stereocenters. The monoisotopic (exact) mass is 1990 g/mol. The van der Waals surface area contributed by atoms with Crippen LogP contribution >= 0.6 is 53.6 Å². The largest absolute Gasteiger partial charge is 0.460 e. The van der Waals surface area contributed by atoms with Gasteiger partial charge in [-0.15, -0.1) is 0 Å². The lowest BCUT2D eigenvalue weighted by Gasteiger charge is -2.33. The minimum atomic E-state index is -4.35. The minimum Gasteiger partial charge on any atom is -0.413 e. The van der Waals surface area contributed by atoms with Crippen molar-refractivity contribution in [3.63, 3.8) is 0 Å². The van der Waals surface area contributed by atoms with Gasteiger partial charge in [0, 0.05) is 34.6 Å². The van der Waals surface area contributed by atoms with E-state index < -0.39 is 53.6 Å². The maximum Gasteiger partial charge on any atom is 0.460 e. The second kappa shape index (κ2) is 62.7. The Labute approximate surface area is 813 Å². The zero-order valence-electron chi connectivity index (χ0n) is 76.9. The molecule has 704 valence electrons. The number of hydrogen-bond donors (Lipinski definition) is 0. The first-order valence-electron chi connectivity index (χ1n) is 41.3. The highest BCUT2D eigenvalue weighted by atomic mass is 31.3. The topological polar surface area (TPSA) is 352 Å². The highest BCUT2D eigenvalue weighted by Crippen LogP contribution is 2.81. The van der Waals surface area contributed by atoms with E-state index in [-0.39, 0.29) is 0 Å². The first-order valence-corrected chi connectivity index (χ1v) is 52.0. The van der Waals surface area contributed by atoms with Crippen molar-refractivity contribution in [2.75, 3.05) is 28.2 Å². The third kappa shape index (κ3) is 40.2. The number of hydrogen-bond acceptors (Lipinski definition) is 26. The van der Waals surface area contributed by atoms with Crippen LogP contribution in [-0.2, 0) is 0 Å². The van der Waals surface area contributed by atoms with Crippen molar-refractivity contribution < 1.29 is 63.3 Å². The van der Waals surface area contributed by atoms with Crippen LogP contribution in [0.2, 0.25) is 0 Å². The molecule has 37 heteroatoms. The van der Waals surface area contributed by atoms with E-state index >= 15 is 0 Å². The molecule has 0 radical (unpaired) electrons. The summed E-state index contributed by atoms with van der Waals surface area (Å²) in [5, 5.41) is 36.6. The lowest BCUT2D eigenvalue weighted by molar-refractivity contribution is 0.440. The van der Waals surface area contributed by atoms with Gasteiger partial charge in [-0.2, -0.15) is 26.3 Å². The van der Waals surface area contributed by atoms with E-state index in [1.807, 2.05) is 255 Å².